The van der Waals surface area contributed by atoms with E-state index in [1.165, 1.54) is 0 Å². The third-order valence-electron chi connectivity index (χ3n) is 3.01. The largest absolute Gasteiger partial charge is 0.496 e. The summed E-state index contributed by atoms with van der Waals surface area (Å²) < 4.78 is 15.9. The molecule has 0 aliphatic carbocycles. The van der Waals surface area contributed by atoms with Gasteiger partial charge in [0.1, 0.15) is 23.9 Å². The lowest BCUT2D eigenvalue weighted by Crippen LogP contribution is -2.32. The standard InChI is InChI=1S/C17H20N2O4/c1-21-14-10-15(22-2)12-16(11-14)23-9-8-18-17(20)19-13-6-4-3-5-7-13/h3-7,10-12H,8-9H2,1-2H3,(H2,18,19,20). The number of anilines is 1. The summed E-state index contributed by atoms with van der Waals surface area (Å²) >= 11 is 0. The Bertz CT molecular complexity index is 609. The minimum absolute atomic E-state index is 0.275. The van der Waals surface area contributed by atoms with Crippen LogP contribution < -0.4 is 24.8 Å². The molecule has 0 radical (unpaired) electrons. The van der Waals surface area contributed by atoms with Gasteiger partial charge in [0.15, 0.2) is 0 Å². The maximum Gasteiger partial charge on any atom is 0.319 e. The zero-order valence-electron chi connectivity index (χ0n) is 13.2. The summed E-state index contributed by atoms with van der Waals surface area (Å²) in [6.07, 6.45) is 0. The van der Waals surface area contributed by atoms with E-state index < -0.39 is 0 Å². The molecule has 0 spiro atoms. The summed E-state index contributed by atoms with van der Waals surface area (Å²) in [4.78, 5) is 11.7. The molecule has 0 aliphatic rings. The molecule has 6 heteroatoms. The molecule has 0 fully saturated rings. The first-order valence-corrected chi connectivity index (χ1v) is 7.17. The number of methoxy groups -OCH3 is 2. The van der Waals surface area contributed by atoms with Crippen LogP contribution in [0.15, 0.2) is 48.5 Å². The summed E-state index contributed by atoms with van der Waals surface area (Å²) in [5, 5.41) is 5.45. The summed E-state index contributed by atoms with van der Waals surface area (Å²) in [5.74, 6) is 1.91. The van der Waals surface area contributed by atoms with Gasteiger partial charge in [-0.05, 0) is 12.1 Å². The Morgan fingerprint density at radius 1 is 0.957 bits per heavy atom. The van der Waals surface area contributed by atoms with Gasteiger partial charge in [-0.25, -0.2) is 4.79 Å². The number of hydrogen-bond acceptors (Lipinski definition) is 4. The smallest absolute Gasteiger partial charge is 0.319 e. The highest BCUT2D eigenvalue weighted by Crippen LogP contribution is 2.27. The first-order valence-electron chi connectivity index (χ1n) is 7.17. The lowest BCUT2D eigenvalue weighted by atomic mass is 10.3. The van der Waals surface area contributed by atoms with Crippen LogP contribution in [0.3, 0.4) is 0 Å². The number of amides is 2. The van der Waals surface area contributed by atoms with Crippen LogP contribution in [0.25, 0.3) is 0 Å². The molecule has 0 heterocycles. The highest BCUT2D eigenvalue weighted by atomic mass is 16.5. The molecule has 0 unspecified atom stereocenters. The van der Waals surface area contributed by atoms with Crippen molar-refractivity contribution in [3.63, 3.8) is 0 Å². The summed E-state index contributed by atoms with van der Waals surface area (Å²) in [6, 6.07) is 14.2. The Labute approximate surface area is 135 Å². The first kappa shape index (κ1) is 16.5. The van der Waals surface area contributed by atoms with Crippen molar-refractivity contribution in [2.45, 2.75) is 0 Å². The summed E-state index contributed by atoms with van der Waals surface area (Å²) in [5.41, 5.74) is 0.739. The van der Waals surface area contributed by atoms with E-state index >= 15 is 0 Å². The minimum Gasteiger partial charge on any atom is -0.496 e. The van der Waals surface area contributed by atoms with E-state index in [1.54, 1.807) is 32.4 Å². The second-order valence-electron chi connectivity index (χ2n) is 4.64. The van der Waals surface area contributed by atoms with Crippen molar-refractivity contribution in [1.82, 2.24) is 5.32 Å². The third kappa shape index (κ3) is 5.43. The molecule has 0 atom stereocenters. The molecule has 2 aromatic rings. The van der Waals surface area contributed by atoms with Crippen LogP contribution in [-0.4, -0.2) is 33.4 Å². The van der Waals surface area contributed by atoms with Crippen molar-refractivity contribution in [3.8, 4) is 17.2 Å². The number of para-hydroxylation sites is 1. The molecule has 0 saturated heterocycles. The van der Waals surface area contributed by atoms with Crippen molar-refractivity contribution in [3.05, 3.63) is 48.5 Å². The number of nitrogens with one attached hydrogen (secondary N) is 2. The number of hydrogen-bond donors (Lipinski definition) is 2. The highest BCUT2D eigenvalue weighted by Gasteiger charge is 2.04. The van der Waals surface area contributed by atoms with E-state index in [1.807, 2.05) is 30.3 Å². The number of rotatable bonds is 7. The molecule has 0 bridgehead atoms. The maximum atomic E-state index is 11.7. The van der Waals surface area contributed by atoms with Gasteiger partial charge < -0.3 is 24.8 Å². The maximum absolute atomic E-state index is 11.7. The highest BCUT2D eigenvalue weighted by molar-refractivity contribution is 5.89. The van der Waals surface area contributed by atoms with E-state index in [-0.39, 0.29) is 6.03 Å². The zero-order chi connectivity index (χ0) is 16.5. The lowest BCUT2D eigenvalue weighted by Gasteiger charge is -2.11. The molecule has 6 nitrogen and oxygen atoms in total. The van der Waals surface area contributed by atoms with Gasteiger partial charge in [0, 0.05) is 23.9 Å². The number of urea groups is 1. The van der Waals surface area contributed by atoms with Gasteiger partial charge in [0.05, 0.1) is 20.8 Å². The molecule has 23 heavy (non-hydrogen) atoms. The van der Waals surface area contributed by atoms with E-state index in [0.29, 0.717) is 30.4 Å². The third-order valence-corrected chi connectivity index (χ3v) is 3.01. The molecule has 2 rings (SSSR count). The van der Waals surface area contributed by atoms with Gasteiger partial charge in [-0.15, -0.1) is 0 Å². The fraction of sp³-hybridized carbons (Fsp3) is 0.235. The topological polar surface area (TPSA) is 68.8 Å². The second kappa shape index (κ2) is 8.53. The van der Waals surface area contributed by atoms with Crippen molar-refractivity contribution >= 4 is 11.7 Å². The molecule has 0 aliphatic heterocycles. The first-order chi connectivity index (χ1) is 11.2. The Morgan fingerprint density at radius 2 is 1.57 bits per heavy atom. The Hall–Kier alpha value is -2.89. The molecule has 0 saturated carbocycles. The van der Waals surface area contributed by atoms with Crippen LogP contribution in [0.4, 0.5) is 10.5 Å². The van der Waals surface area contributed by atoms with Crippen LogP contribution in [0.1, 0.15) is 0 Å². The van der Waals surface area contributed by atoms with Gasteiger partial charge in [0.2, 0.25) is 0 Å². The van der Waals surface area contributed by atoms with Gasteiger partial charge in [-0.3, -0.25) is 0 Å². The molecular weight excluding hydrogens is 296 g/mol. The predicted octanol–water partition coefficient (Wildman–Crippen LogP) is 2.90. The van der Waals surface area contributed by atoms with E-state index in [0.717, 1.165) is 5.69 Å². The van der Waals surface area contributed by atoms with Crippen molar-refractivity contribution < 1.29 is 19.0 Å². The summed E-state index contributed by atoms with van der Waals surface area (Å²) in [7, 11) is 3.15. The van der Waals surface area contributed by atoms with Gasteiger partial charge >= 0.3 is 6.03 Å². The number of benzene rings is 2. The van der Waals surface area contributed by atoms with Gasteiger partial charge in [-0.1, -0.05) is 18.2 Å². The van der Waals surface area contributed by atoms with Crippen molar-refractivity contribution in [2.24, 2.45) is 0 Å². The quantitative estimate of drug-likeness (QED) is 0.771. The van der Waals surface area contributed by atoms with Crippen LogP contribution in [0, 0.1) is 0 Å². The number of ether oxygens (including phenoxy) is 3. The monoisotopic (exact) mass is 316 g/mol. The average molecular weight is 316 g/mol. The Morgan fingerprint density at radius 3 is 2.17 bits per heavy atom. The minimum atomic E-state index is -0.275. The lowest BCUT2D eigenvalue weighted by molar-refractivity contribution is 0.247. The van der Waals surface area contributed by atoms with Crippen LogP contribution >= 0.6 is 0 Å². The number of carbonyl (C=O) groups excluding carboxylic acids is 1. The zero-order valence-corrected chi connectivity index (χ0v) is 13.2. The molecule has 2 N–H and O–H groups in total. The van der Waals surface area contributed by atoms with Crippen LogP contribution in [0.2, 0.25) is 0 Å². The van der Waals surface area contributed by atoms with Crippen LogP contribution in [0.5, 0.6) is 17.2 Å². The second-order valence-corrected chi connectivity index (χ2v) is 4.64. The summed E-state index contributed by atoms with van der Waals surface area (Å²) in [6.45, 7) is 0.705. The Balaban J connectivity index is 1.76. The van der Waals surface area contributed by atoms with E-state index in [4.69, 9.17) is 14.2 Å². The van der Waals surface area contributed by atoms with Gasteiger partial charge in [-0.2, -0.15) is 0 Å². The molecular formula is C17H20N2O4. The van der Waals surface area contributed by atoms with E-state index in [2.05, 4.69) is 10.6 Å². The average Bonchev–Trinajstić information content (AvgIpc) is 2.59. The van der Waals surface area contributed by atoms with E-state index in [9.17, 15) is 4.79 Å². The van der Waals surface area contributed by atoms with Crippen molar-refractivity contribution in [1.29, 1.82) is 0 Å². The molecule has 0 aromatic heterocycles. The fourth-order valence-electron chi connectivity index (χ4n) is 1.89. The van der Waals surface area contributed by atoms with Gasteiger partial charge in [0.25, 0.3) is 0 Å². The molecule has 122 valence electrons. The molecule has 2 aromatic carbocycles. The SMILES string of the molecule is COc1cc(OC)cc(OCCNC(=O)Nc2ccccc2)c1. The van der Waals surface area contributed by atoms with Crippen molar-refractivity contribution in [2.75, 3.05) is 32.7 Å². The van der Waals surface area contributed by atoms with Crippen LogP contribution in [-0.2, 0) is 0 Å². The molecule has 2 amide bonds. The number of carbonyl (C=O) groups is 1. The fourth-order valence-corrected chi connectivity index (χ4v) is 1.89. The predicted molar refractivity (Wildman–Crippen MR) is 88.5 cm³/mol. The Kier molecular flexibility index (Phi) is 6.11. The normalized spacial score (nSPS) is 9.83.